The molecule has 5 nitrogen and oxygen atoms in total. The second-order valence-electron chi connectivity index (χ2n) is 4.78. The maximum atomic E-state index is 12.4. The van der Waals surface area contributed by atoms with Crippen molar-refractivity contribution in [2.45, 2.75) is 18.0 Å². The van der Waals surface area contributed by atoms with E-state index in [1.165, 1.54) is 12.1 Å². The lowest BCUT2D eigenvalue weighted by Gasteiger charge is -2.10. The average molecular weight is 380 g/mol. The van der Waals surface area contributed by atoms with Crippen molar-refractivity contribution < 1.29 is 34.2 Å². The summed E-state index contributed by atoms with van der Waals surface area (Å²) in [5.41, 5.74) is -0.302. The average Bonchev–Trinajstić information content (AvgIpc) is 2.46. The summed E-state index contributed by atoms with van der Waals surface area (Å²) in [7, 11) is -10.0. The molecule has 0 radical (unpaired) electrons. The maximum Gasteiger partial charge on any atom is 0.423 e. The van der Waals surface area contributed by atoms with Gasteiger partial charge in [-0.1, -0.05) is 17.7 Å². The molecule has 2 rings (SSSR count). The number of alkyl halides is 3. The van der Waals surface area contributed by atoms with Crippen molar-refractivity contribution in [2.24, 2.45) is 0 Å². The normalized spacial score (nSPS) is 12.8. The summed E-state index contributed by atoms with van der Waals surface area (Å²) in [4.78, 5) is -0.500. The third kappa shape index (κ3) is 3.70. The number of hydrogen-bond acceptors (Lipinski definition) is 5. The van der Waals surface area contributed by atoms with Gasteiger partial charge in [0.15, 0.2) is 0 Å². The largest absolute Gasteiger partial charge is 0.423 e. The lowest BCUT2D eigenvalue weighted by atomic mass is 10.2. The van der Waals surface area contributed by atoms with Gasteiger partial charge in [-0.2, -0.15) is 21.6 Å². The Balaban J connectivity index is 2.32. The van der Waals surface area contributed by atoms with Crippen molar-refractivity contribution in [1.29, 1.82) is 0 Å². The van der Waals surface area contributed by atoms with Crippen molar-refractivity contribution in [3.05, 3.63) is 59.7 Å². The van der Waals surface area contributed by atoms with Crippen LogP contribution in [-0.4, -0.2) is 16.8 Å². The van der Waals surface area contributed by atoms with Crippen LogP contribution < -0.4 is 4.18 Å². The van der Waals surface area contributed by atoms with Crippen molar-refractivity contribution in [3.63, 3.8) is 0 Å². The number of aryl methyl sites for hydroxylation is 1. The second kappa shape index (κ2) is 6.10. The molecule has 2 aromatic carbocycles. The van der Waals surface area contributed by atoms with E-state index in [0.29, 0.717) is 12.1 Å². The summed E-state index contributed by atoms with van der Waals surface area (Å²) < 4.78 is 89.9. The van der Waals surface area contributed by atoms with Gasteiger partial charge < -0.3 is 4.18 Å². The van der Waals surface area contributed by atoms with E-state index in [1.54, 1.807) is 6.92 Å². The standard InChI is InChI=1S/C14H11F3O5S2/c1-10-2-8-13(9-3-10)23(18,19)24(20,21)22-12-6-4-11(5-7-12)14(15,16)17/h2-9H,1H3. The Morgan fingerprint density at radius 1 is 0.833 bits per heavy atom. The lowest BCUT2D eigenvalue weighted by Crippen LogP contribution is -2.21. The van der Waals surface area contributed by atoms with Crippen molar-refractivity contribution in [1.82, 2.24) is 0 Å². The molecule has 2 aromatic rings. The first-order chi connectivity index (χ1) is 10.9. The molecule has 0 heterocycles. The molecular weight excluding hydrogens is 369 g/mol. The van der Waals surface area contributed by atoms with Crippen LogP contribution >= 0.6 is 0 Å². The van der Waals surface area contributed by atoms with Crippen LogP contribution in [0.15, 0.2) is 53.4 Å². The fraction of sp³-hybridized carbons (Fsp3) is 0.143. The van der Waals surface area contributed by atoms with Crippen LogP contribution in [-0.2, 0) is 24.2 Å². The van der Waals surface area contributed by atoms with E-state index in [2.05, 4.69) is 4.18 Å². The van der Waals surface area contributed by atoms with Crippen LogP contribution in [0.5, 0.6) is 5.75 Å². The first-order valence-corrected chi connectivity index (χ1v) is 9.78. The fourth-order valence-electron chi connectivity index (χ4n) is 1.68. The first kappa shape index (κ1) is 18.3. The Bertz CT molecular complexity index is 929. The molecule has 0 amide bonds. The van der Waals surface area contributed by atoms with Crippen LogP contribution in [0.2, 0.25) is 0 Å². The number of hydrogen-bond donors (Lipinski definition) is 0. The Hall–Kier alpha value is -2.07. The summed E-state index contributed by atoms with van der Waals surface area (Å²) >= 11 is 0. The second-order valence-corrected chi connectivity index (χ2v) is 9.68. The van der Waals surface area contributed by atoms with Gasteiger partial charge in [0.05, 0.1) is 10.5 Å². The van der Waals surface area contributed by atoms with Crippen LogP contribution in [0.4, 0.5) is 13.2 Å². The smallest absolute Gasteiger partial charge is 0.371 e. The predicted octanol–water partition coefficient (Wildman–Crippen LogP) is 3.11. The summed E-state index contributed by atoms with van der Waals surface area (Å²) in [5, 5.41) is 0. The zero-order chi connectivity index (χ0) is 18.2. The van der Waals surface area contributed by atoms with Crippen LogP contribution in [0.1, 0.15) is 11.1 Å². The van der Waals surface area contributed by atoms with Crippen molar-refractivity contribution in [2.75, 3.05) is 0 Å². The minimum atomic E-state index is -5.14. The molecule has 0 unspecified atom stereocenters. The summed E-state index contributed by atoms with van der Waals surface area (Å²) in [6.45, 7) is 1.68. The molecule has 10 heteroatoms. The van der Waals surface area contributed by atoms with E-state index < -0.39 is 40.4 Å². The molecule has 0 saturated carbocycles. The van der Waals surface area contributed by atoms with Crippen LogP contribution in [0, 0.1) is 6.92 Å². The Kier molecular flexibility index (Phi) is 4.64. The number of benzene rings is 2. The zero-order valence-electron chi connectivity index (χ0n) is 12.1. The van der Waals surface area contributed by atoms with Crippen molar-refractivity contribution in [3.8, 4) is 5.75 Å². The Morgan fingerprint density at radius 2 is 1.33 bits per heavy atom. The van der Waals surface area contributed by atoms with Gasteiger partial charge in [-0.3, -0.25) is 0 Å². The molecule has 0 aromatic heterocycles. The minimum Gasteiger partial charge on any atom is -0.371 e. The fourth-order valence-corrected chi connectivity index (χ4v) is 4.37. The van der Waals surface area contributed by atoms with Gasteiger partial charge in [0.25, 0.3) is 0 Å². The van der Waals surface area contributed by atoms with Gasteiger partial charge in [-0.25, -0.2) is 8.42 Å². The van der Waals surface area contributed by atoms with E-state index in [1.807, 2.05) is 0 Å². The van der Waals surface area contributed by atoms with Gasteiger partial charge >= 0.3 is 24.2 Å². The monoisotopic (exact) mass is 380 g/mol. The molecule has 0 atom stereocenters. The molecule has 0 N–H and O–H groups in total. The molecule has 0 aliphatic rings. The third-order valence-electron chi connectivity index (χ3n) is 2.96. The lowest BCUT2D eigenvalue weighted by molar-refractivity contribution is -0.137. The molecule has 24 heavy (non-hydrogen) atoms. The molecule has 0 fully saturated rings. The quantitative estimate of drug-likeness (QED) is 0.762. The van der Waals surface area contributed by atoms with Crippen LogP contribution in [0.25, 0.3) is 0 Å². The highest BCUT2D eigenvalue weighted by Gasteiger charge is 2.35. The zero-order valence-corrected chi connectivity index (χ0v) is 13.7. The molecule has 130 valence electrons. The van der Waals surface area contributed by atoms with E-state index in [9.17, 15) is 30.0 Å². The molecule has 0 spiro atoms. The van der Waals surface area contributed by atoms with E-state index in [-0.39, 0.29) is 0 Å². The Labute approximate surface area is 136 Å². The molecule has 0 bridgehead atoms. The molecule has 0 aliphatic heterocycles. The highest BCUT2D eigenvalue weighted by molar-refractivity contribution is 8.65. The Morgan fingerprint density at radius 3 is 1.79 bits per heavy atom. The summed E-state index contributed by atoms with van der Waals surface area (Å²) in [6.07, 6.45) is -4.61. The van der Waals surface area contributed by atoms with Crippen molar-refractivity contribution >= 4 is 18.0 Å². The van der Waals surface area contributed by atoms with E-state index >= 15 is 0 Å². The topological polar surface area (TPSA) is 77.5 Å². The van der Waals surface area contributed by atoms with E-state index in [4.69, 9.17) is 0 Å². The van der Waals surface area contributed by atoms with Gasteiger partial charge in [0.2, 0.25) is 0 Å². The third-order valence-corrected chi connectivity index (χ3v) is 7.14. The molecule has 0 saturated heterocycles. The van der Waals surface area contributed by atoms with Gasteiger partial charge in [-0.05, 0) is 43.3 Å². The number of rotatable bonds is 4. The highest BCUT2D eigenvalue weighted by atomic mass is 33.2. The van der Waals surface area contributed by atoms with Gasteiger partial charge in [0.1, 0.15) is 5.75 Å². The molecule has 0 aliphatic carbocycles. The van der Waals surface area contributed by atoms with Gasteiger partial charge in [0, 0.05) is 0 Å². The highest BCUT2D eigenvalue weighted by Crippen LogP contribution is 2.31. The minimum absolute atomic E-state index is 0.500. The van der Waals surface area contributed by atoms with Gasteiger partial charge in [-0.15, -0.1) is 0 Å². The summed E-state index contributed by atoms with van der Waals surface area (Å²) in [6, 6.07) is 7.63. The number of halogens is 3. The summed E-state index contributed by atoms with van der Waals surface area (Å²) in [5.74, 6) is -0.543. The first-order valence-electron chi connectivity index (χ1n) is 6.37. The predicted molar refractivity (Wildman–Crippen MR) is 79.4 cm³/mol. The van der Waals surface area contributed by atoms with Crippen LogP contribution in [0.3, 0.4) is 0 Å². The maximum absolute atomic E-state index is 12.4. The SMILES string of the molecule is Cc1ccc(S(=O)(=O)S(=O)(=O)Oc2ccc(C(F)(F)F)cc2)cc1. The van der Waals surface area contributed by atoms with E-state index in [0.717, 1.165) is 29.8 Å². The molecular formula is C14H11F3O5S2.